The van der Waals surface area contributed by atoms with Crippen LogP contribution in [-0.2, 0) is 22.1 Å². The quantitative estimate of drug-likeness (QED) is 0.859. The molecular formula is C16H14ClNO4S. The van der Waals surface area contributed by atoms with Crippen molar-refractivity contribution in [3.63, 3.8) is 0 Å². The van der Waals surface area contributed by atoms with Gasteiger partial charge in [0.2, 0.25) is 5.78 Å². The molecule has 23 heavy (non-hydrogen) atoms. The summed E-state index contributed by atoms with van der Waals surface area (Å²) in [5, 5.41) is 9.49. The molecule has 1 aromatic carbocycles. The second-order valence-corrected chi connectivity index (χ2v) is 7.19. The topological polar surface area (TPSA) is 76.4 Å². The molecule has 1 N–H and O–H groups in total. The molecule has 0 bridgehead atoms. The fraction of sp³-hybridized carbons (Fsp3) is 0.250. The van der Waals surface area contributed by atoms with Gasteiger partial charge in [-0.1, -0.05) is 11.6 Å². The number of carbonyl (C=O) groups excluding carboxylic acids is 1. The summed E-state index contributed by atoms with van der Waals surface area (Å²) in [5.41, 5.74) is 1.31. The third kappa shape index (κ3) is 2.72. The predicted octanol–water partition coefficient (Wildman–Crippen LogP) is 2.68. The maximum absolute atomic E-state index is 12.7. The Kier molecular flexibility index (Phi) is 4.12. The molecule has 0 radical (unpaired) electrons. The van der Waals surface area contributed by atoms with Crippen LogP contribution in [0.3, 0.4) is 0 Å². The molecule has 0 amide bonds. The van der Waals surface area contributed by atoms with E-state index in [1.54, 1.807) is 41.2 Å². The highest BCUT2D eigenvalue weighted by Gasteiger charge is 2.33. The number of hydrogen-bond donors (Lipinski definition) is 1. The number of carboxylic acids is 1. The van der Waals surface area contributed by atoms with Crippen LogP contribution in [0.5, 0.6) is 0 Å². The van der Waals surface area contributed by atoms with Crippen LogP contribution >= 0.6 is 11.6 Å². The van der Waals surface area contributed by atoms with Crippen LogP contribution in [0.4, 0.5) is 0 Å². The van der Waals surface area contributed by atoms with Gasteiger partial charge in [0.15, 0.2) is 0 Å². The predicted molar refractivity (Wildman–Crippen MR) is 86.6 cm³/mol. The largest absolute Gasteiger partial charge is 0.481 e. The van der Waals surface area contributed by atoms with Crippen LogP contribution in [0.2, 0.25) is 5.02 Å². The average molecular weight is 352 g/mol. The number of carboxylic acid groups (broad SMARTS) is 1. The molecule has 2 unspecified atom stereocenters. The molecule has 0 saturated carbocycles. The van der Waals surface area contributed by atoms with Crippen LogP contribution in [0.25, 0.3) is 0 Å². The summed E-state index contributed by atoms with van der Waals surface area (Å²) in [7, 11) is -1.11. The highest BCUT2D eigenvalue weighted by atomic mass is 35.5. The average Bonchev–Trinajstić information content (AvgIpc) is 3.04. The number of fused-ring (bicyclic) bond motifs is 1. The number of rotatable bonds is 4. The first kappa shape index (κ1) is 16.0. The van der Waals surface area contributed by atoms with Gasteiger partial charge >= 0.3 is 5.97 Å². The van der Waals surface area contributed by atoms with Gasteiger partial charge in [0.05, 0.1) is 10.9 Å². The number of hydrogen-bond acceptors (Lipinski definition) is 3. The fourth-order valence-corrected chi connectivity index (χ4v) is 3.70. The number of aromatic nitrogens is 1. The molecule has 1 aromatic heterocycles. The zero-order valence-corrected chi connectivity index (χ0v) is 13.9. The van der Waals surface area contributed by atoms with E-state index in [0.29, 0.717) is 34.8 Å². The van der Waals surface area contributed by atoms with Crippen LogP contribution < -0.4 is 0 Å². The lowest BCUT2D eigenvalue weighted by atomic mass is 10.1. The van der Waals surface area contributed by atoms with Crippen molar-refractivity contribution in [1.29, 1.82) is 0 Å². The lowest BCUT2D eigenvalue weighted by molar-refractivity contribution is -0.138. The molecule has 0 aliphatic carbocycles. The molecule has 2 aromatic rings. The van der Waals surface area contributed by atoms with Crippen molar-refractivity contribution in [2.45, 2.75) is 23.8 Å². The minimum atomic E-state index is -1.11. The van der Waals surface area contributed by atoms with Crippen molar-refractivity contribution < 1.29 is 18.9 Å². The zero-order chi connectivity index (χ0) is 16.7. The van der Waals surface area contributed by atoms with Crippen LogP contribution in [0.1, 0.15) is 34.1 Å². The SMILES string of the molecule is CS(=O)c1ccc(C(=O)c2c(Cl)cc3n2CCC3C(=O)O)cc1. The summed E-state index contributed by atoms with van der Waals surface area (Å²) in [5.74, 6) is -1.80. The van der Waals surface area contributed by atoms with Crippen LogP contribution in [0.15, 0.2) is 35.2 Å². The minimum Gasteiger partial charge on any atom is -0.481 e. The number of halogens is 1. The lowest BCUT2D eigenvalue weighted by Gasteiger charge is -2.07. The lowest BCUT2D eigenvalue weighted by Crippen LogP contribution is -2.10. The Morgan fingerprint density at radius 2 is 1.96 bits per heavy atom. The van der Waals surface area contributed by atoms with E-state index in [1.807, 2.05) is 0 Å². The number of ketones is 1. The maximum Gasteiger partial charge on any atom is 0.312 e. The molecule has 0 spiro atoms. The van der Waals surface area contributed by atoms with Crippen molar-refractivity contribution >= 4 is 34.2 Å². The number of carbonyl (C=O) groups is 2. The van der Waals surface area contributed by atoms with Gasteiger partial charge in [0.1, 0.15) is 5.69 Å². The molecule has 5 nitrogen and oxygen atoms in total. The summed E-state index contributed by atoms with van der Waals surface area (Å²) in [4.78, 5) is 24.6. The van der Waals surface area contributed by atoms with Gasteiger partial charge in [0, 0.05) is 39.8 Å². The summed E-state index contributed by atoms with van der Waals surface area (Å²) < 4.78 is 13.1. The molecule has 0 saturated heterocycles. The standard InChI is InChI=1S/C16H14ClNO4S/c1-23(22)10-4-2-9(3-5-10)15(19)14-12(17)8-13-11(16(20)21)6-7-18(13)14/h2-5,8,11H,6-7H2,1H3,(H,20,21). The van der Waals surface area contributed by atoms with Gasteiger partial charge in [-0.2, -0.15) is 0 Å². The second kappa shape index (κ2) is 5.94. The van der Waals surface area contributed by atoms with E-state index in [0.717, 1.165) is 0 Å². The summed E-state index contributed by atoms with van der Waals surface area (Å²) in [6, 6.07) is 8.07. The number of aliphatic carboxylic acids is 1. The summed E-state index contributed by atoms with van der Waals surface area (Å²) >= 11 is 6.18. The molecule has 1 aliphatic rings. The third-order valence-corrected chi connectivity index (χ3v) is 5.27. The molecule has 1 aliphatic heterocycles. The number of nitrogens with zero attached hydrogens (tertiary/aromatic N) is 1. The Labute approximate surface area is 140 Å². The second-order valence-electron chi connectivity index (χ2n) is 5.40. The van der Waals surface area contributed by atoms with Crippen molar-refractivity contribution in [3.05, 3.63) is 52.3 Å². The van der Waals surface area contributed by atoms with E-state index in [2.05, 4.69) is 0 Å². The highest BCUT2D eigenvalue weighted by Crippen LogP contribution is 2.36. The van der Waals surface area contributed by atoms with Gasteiger partial charge < -0.3 is 9.67 Å². The minimum absolute atomic E-state index is 0.263. The van der Waals surface area contributed by atoms with Gasteiger partial charge in [0.25, 0.3) is 0 Å². The van der Waals surface area contributed by atoms with Crippen LogP contribution in [0, 0.1) is 0 Å². The maximum atomic E-state index is 12.7. The molecule has 2 atom stereocenters. The zero-order valence-electron chi connectivity index (χ0n) is 12.3. The smallest absolute Gasteiger partial charge is 0.312 e. The number of benzene rings is 1. The molecule has 2 heterocycles. The monoisotopic (exact) mass is 351 g/mol. The first-order valence-electron chi connectivity index (χ1n) is 7.00. The van der Waals surface area contributed by atoms with Gasteiger partial charge in [-0.25, -0.2) is 0 Å². The normalized spacial score (nSPS) is 17.7. The van der Waals surface area contributed by atoms with E-state index < -0.39 is 22.7 Å². The van der Waals surface area contributed by atoms with E-state index in [9.17, 15) is 18.9 Å². The van der Waals surface area contributed by atoms with Gasteiger partial charge in [-0.05, 0) is 36.8 Å². The Morgan fingerprint density at radius 1 is 1.30 bits per heavy atom. The van der Waals surface area contributed by atoms with Crippen molar-refractivity contribution in [2.75, 3.05) is 6.26 Å². The van der Waals surface area contributed by atoms with E-state index in [1.165, 1.54) is 0 Å². The third-order valence-electron chi connectivity index (χ3n) is 4.04. The first-order chi connectivity index (χ1) is 10.9. The summed E-state index contributed by atoms with van der Waals surface area (Å²) in [6.07, 6.45) is 2.02. The molecular weight excluding hydrogens is 338 g/mol. The van der Waals surface area contributed by atoms with E-state index in [4.69, 9.17) is 11.6 Å². The molecule has 0 fully saturated rings. The van der Waals surface area contributed by atoms with Crippen molar-refractivity contribution in [1.82, 2.24) is 4.57 Å². The molecule has 3 rings (SSSR count). The highest BCUT2D eigenvalue weighted by molar-refractivity contribution is 7.84. The van der Waals surface area contributed by atoms with E-state index >= 15 is 0 Å². The van der Waals surface area contributed by atoms with Crippen LogP contribution in [-0.4, -0.2) is 31.9 Å². The molecule has 7 heteroatoms. The fourth-order valence-electron chi connectivity index (χ4n) is 2.89. The van der Waals surface area contributed by atoms with Crippen molar-refractivity contribution in [2.24, 2.45) is 0 Å². The Balaban J connectivity index is 1.99. The van der Waals surface area contributed by atoms with Crippen molar-refractivity contribution in [3.8, 4) is 0 Å². The van der Waals surface area contributed by atoms with Gasteiger partial charge in [-0.15, -0.1) is 0 Å². The summed E-state index contributed by atoms with van der Waals surface area (Å²) in [6.45, 7) is 0.456. The Morgan fingerprint density at radius 3 is 2.52 bits per heavy atom. The van der Waals surface area contributed by atoms with Gasteiger partial charge in [-0.3, -0.25) is 13.8 Å². The first-order valence-corrected chi connectivity index (χ1v) is 8.93. The Bertz CT molecular complexity index is 825. The molecule has 120 valence electrons. The Hall–Kier alpha value is -1.92. The van der Waals surface area contributed by atoms with E-state index in [-0.39, 0.29) is 10.8 Å².